The number of benzene rings is 1. The molecule has 22 heavy (non-hydrogen) atoms. The molecule has 1 saturated carbocycles. The van der Waals surface area contributed by atoms with E-state index in [4.69, 9.17) is 0 Å². The van der Waals surface area contributed by atoms with Gasteiger partial charge in [0, 0.05) is 24.5 Å². The van der Waals surface area contributed by atoms with E-state index in [1.807, 2.05) is 23.4 Å². The van der Waals surface area contributed by atoms with E-state index in [0.717, 1.165) is 22.8 Å². The molecule has 5 heteroatoms. The maximum absolute atomic E-state index is 13.3. The molecule has 2 aromatic rings. The molecular formula is C17H19FN2OS. The summed E-state index contributed by atoms with van der Waals surface area (Å²) < 4.78 is 13.3. The van der Waals surface area contributed by atoms with Gasteiger partial charge >= 0.3 is 0 Å². The smallest absolute Gasteiger partial charge is 0.228 e. The molecule has 0 bridgehead atoms. The van der Waals surface area contributed by atoms with Gasteiger partial charge in [-0.3, -0.25) is 4.79 Å². The van der Waals surface area contributed by atoms with E-state index in [1.54, 1.807) is 6.07 Å². The number of nitrogens with zero attached hydrogens (tertiary/aromatic N) is 2. The predicted octanol–water partition coefficient (Wildman–Crippen LogP) is 3.75. The van der Waals surface area contributed by atoms with Gasteiger partial charge in [0.2, 0.25) is 5.91 Å². The van der Waals surface area contributed by atoms with Crippen molar-refractivity contribution >= 4 is 17.2 Å². The van der Waals surface area contributed by atoms with Gasteiger partial charge in [0.05, 0.1) is 12.1 Å². The van der Waals surface area contributed by atoms with Crippen molar-refractivity contribution in [1.29, 1.82) is 0 Å². The molecule has 1 aromatic carbocycles. The quantitative estimate of drug-likeness (QED) is 0.841. The molecule has 1 fully saturated rings. The second-order valence-corrected chi connectivity index (χ2v) is 6.76. The molecule has 0 spiro atoms. The van der Waals surface area contributed by atoms with Gasteiger partial charge in [0.25, 0.3) is 0 Å². The maximum atomic E-state index is 13.3. The Morgan fingerprint density at radius 2 is 2.27 bits per heavy atom. The second-order valence-electron chi connectivity index (χ2n) is 5.90. The lowest BCUT2D eigenvalue weighted by molar-refractivity contribution is -0.130. The summed E-state index contributed by atoms with van der Waals surface area (Å²) in [6, 6.07) is 6.38. The number of amides is 1. The fraction of sp³-hybridized carbons (Fsp3) is 0.412. The van der Waals surface area contributed by atoms with Crippen molar-refractivity contribution < 1.29 is 9.18 Å². The van der Waals surface area contributed by atoms with Crippen LogP contribution < -0.4 is 0 Å². The summed E-state index contributed by atoms with van der Waals surface area (Å²) in [6.45, 7) is 0.847. The van der Waals surface area contributed by atoms with Crippen LogP contribution in [0.15, 0.2) is 29.6 Å². The molecule has 116 valence electrons. The van der Waals surface area contributed by atoms with Gasteiger partial charge in [-0.05, 0) is 30.9 Å². The third kappa shape index (κ3) is 3.53. The Morgan fingerprint density at radius 1 is 1.45 bits per heavy atom. The number of rotatable bonds is 5. The highest BCUT2D eigenvalue weighted by Crippen LogP contribution is 2.27. The first-order valence-corrected chi connectivity index (χ1v) is 8.44. The number of aromatic nitrogens is 1. The van der Waals surface area contributed by atoms with Crippen LogP contribution in [0.2, 0.25) is 0 Å². The Kier molecular flexibility index (Phi) is 4.52. The highest BCUT2D eigenvalue weighted by molar-refractivity contribution is 7.13. The van der Waals surface area contributed by atoms with Gasteiger partial charge in [-0.25, -0.2) is 9.37 Å². The Bertz CT molecular complexity index is 666. The third-order valence-electron chi connectivity index (χ3n) is 4.14. The van der Waals surface area contributed by atoms with Crippen LogP contribution in [-0.4, -0.2) is 29.4 Å². The molecular weight excluding hydrogens is 299 g/mol. The van der Waals surface area contributed by atoms with Crippen LogP contribution in [0.4, 0.5) is 4.39 Å². The zero-order valence-corrected chi connectivity index (χ0v) is 13.4. The predicted molar refractivity (Wildman–Crippen MR) is 86.2 cm³/mol. The van der Waals surface area contributed by atoms with Crippen molar-refractivity contribution in [2.24, 2.45) is 5.92 Å². The minimum absolute atomic E-state index is 0.1000. The van der Waals surface area contributed by atoms with Crippen LogP contribution in [0.3, 0.4) is 0 Å². The summed E-state index contributed by atoms with van der Waals surface area (Å²) in [7, 11) is 1.86. The fourth-order valence-electron chi connectivity index (χ4n) is 2.60. The normalized spacial score (nSPS) is 14.6. The first kappa shape index (κ1) is 15.2. The van der Waals surface area contributed by atoms with Crippen LogP contribution >= 0.6 is 11.3 Å². The average Bonchev–Trinajstić information content (AvgIpc) is 2.91. The molecule has 1 aliphatic rings. The fourth-order valence-corrected chi connectivity index (χ4v) is 3.41. The summed E-state index contributed by atoms with van der Waals surface area (Å²) in [5.74, 6) is 0.501. The Balaban J connectivity index is 1.62. The summed E-state index contributed by atoms with van der Waals surface area (Å²) in [6.07, 6.45) is 4.07. The topological polar surface area (TPSA) is 33.2 Å². The Morgan fingerprint density at radius 3 is 2.95 bits per heavy atom. The number of halogens is 1. The number of likely N-dealkylation sites (N-methyl/N-ethyl adjacent to an activating group) is 1. The van der Waals surface area contributed by atoms with Crippen molar-refractivity contribution in [1.82, 2.24) is 9.88 Å². The second kappa shape index (κ2) is 6.57. The number of hydrogen-bond acceptors (Lipinski definition) is 3. The van der Waals surface area contributed by atoms with Gasteiger partial charge in [-0.2, -0.15) is 0 Å². The van der Waals surface area contributed by atoms with Crippen LogP contribution in [0.25, 0.3) is 10.6 Å². The van der Waals surface area contributed by atoms with Crippen molar-refractivity contribution in [3.8, 4) is 10.6 Å². The van der Waals surface area contributed by atoms with Gasteiger partial charge in [0.1, 0.15) is 10.8 Å². The van der Waals surface area contributed by atoms with Crippen molar-refractivity contribution in [3.05, 3.63) is 41.2 Å². The maximum Gasteiger partial charge on any atom is 0.228 e. The van der Waals surface area contributed by atoms with Crippen molar-refractivity contribution in [2.45, 2.75) is 25.7 Å². The lowest BCUT2D eigenvalue weighted by atomic mass is 9.85. The van der Waals surface area contributed by atoms with Crippen LogP contribution in [0.5, 0.6) is 0 Å². The Hall–Kier alpha value is -1.75. The zero-order chi connectivity index (χ0) is 15.5. The summed E-state index contributed by atoms with van der Waals surface area (Å²) >= 11 is 1.45. The molecule has 0 N–H and O–H groups in total. The van der Waals surface area contributed by atoms with Gasteiger partial charge in [-0.15, -0.1) is 11.3 Å². The lowest BCUT2D eigenvalue weighted by Gasteiger charge is -2.30. The van der Waals surface area contributed by atoms with E-state index in [1.165, 1.54) is 42.7 Å². The van der Waals surface area contributed by atoms with Gasteiger partial charge in [0.15, 0.2) is 0 Å². The number of hydrogen-bond donors (Lipinski definition) is 0. The zero-order valence-electron chi connectivity index (χ0n) is 12.6. The average molecular weight is 318 g/mol. The molecule has 0 saturated heterocycles. The molecule has 0 radical (unpaired) electrons. The molecule has 0 aliphatic heterocycles. The first-order valence-electron chi connectivity index (χ1n) is 7.56. The minimum atomic E-state index is -0.273. The standard InChI is InChI=1S/C17H19FN2OS/c1-20(10-12-4-2-5-12)16(21)9-15-11-22-17(19-15)13-6-3-7-14(18)8-13/h3,6-8,11-12H,2,4-5,9-10H2,1H3. The molecule has 1 aromatic heterocycles. The van der Waals surface area contributed by atoms with Crippen LogP contribution in [0.1, 0.15) is 25.0 Å². The van der Waals surface area contributed by atoms with Crippen molar-refractivity contribution in [2.75, 3.05) is 13.6 Å². The molecule has 3 nitrogen and oxygen atoms in total. The van der Waals surface area contributed by atoms with E-state index in [9.17, 15) is 9.18 Å². The molecule has 0 atom stereocenters. The molecule has 1 heterocycles. The third-order valence-corrected chi connectivity index (χ3v) is 5.08. The van der Waals surface area contributed by atoms with Crippen LogP contribution in [-0.2, 0) is 11.2 Å². The monoisotopic (exact) mass is 318 g/mol. The summed E-state index contributed by atoms with van der Waals surface area (Å²) in [5, 5.41) is 2.64. The number of carbonyl (C=O) groups excluding carboxylic acids is 1. The highest BCUT2D eigenvalue weighted by Gasteiger charge is 2.21. The van der Waals surface area contributed by atoms with Crippen molar-refractivity contribution in [3.63, 3.8) is 0 Å². The van der Waals surface area contributed by atoms with E-state index in [2.05, 4.69) is 4.98 Å². The Labute approximate surface area is 133 Å². The summed E-state index contributed by atoms with van der Waals surface area (Å²) in [4.78, 5) is 18.5. The lowest BCUT2D eigenvalue weighted by Crippen LogP contribution is -2.35. The number of carbonyl (C=O) groups is 1. The first-order chi connectivity index (χ1) is 10.6. The largest absolute Gasteiger partial charge is 0.345 e. The molecule has 1 aliphatic carbocycles. The number of thiazole rings is 1. The van der Waals surface area contributed by atoms with Crippen LogP contribution in [0, 0.1) is 11.7 Å². The van der Waals surface area contributed by atoms with E-state index >= 15 is 0 Å². The van der Waals surface area contributed by atoms with E-state index < -0.39 is 0 Å². The van der Waals surface area contributed by atoms with Gasteiger partial charge < -0.3 is 4.90 Å². The van der Waals surface area contributed by atoms with E-state index in [-0.39, 0.29) is 11.7 Å². The molecule has 0 unspecified atom stereocenters. The molecule has 3 rings (SSSR count). The minimum Gasteiger partial charge on any atom is -0.345 e. The summed E-state index contributed by atoms with van der Waals surface area (Å²) in [5.41, 5.74) is 1.52. The van der Waals surface area contributed by atoms with E-state index in [0.29, 0.717) is 12.3 Å². The highest BCUT2D eigenvalue weighted by atomic mass is 32.1. The van der Waals surface area contributed by atoms with Gasteiger partial charge in [-0.1, -0.05) is 18.6 Å². The molecule has 1 amide bonds. The SMILES string of the molecule is CN(CC1CCC1)C(=O)Cc1csc(-c2cccc(F)c2)n1.